The molecule has 0 aromatic heterocycles. The zero-order valence-electron chi connectivity index (χ0n) is 21.1. The van der Waals surface area contributed by atoms with Crippen molar-refractivity contribution in [3.05, 3.63) is 135 Å². The van der Waals surface area contributed by atoms with Gasteiger partial charge in [-0.3, -0.25) is 4.99 Å². The number of rotatable bonds is 6. The fraction of sp³-hybridized carbons (Fsp3) is 0.182. The Kier molecular flexibility index (Phi) is 6.86. The molecular formula is C33H28BrFN2O. The lowest BCUT2D eigenvalue weighted by molar-refractivity contribution is 0.298. The maximum Gasteiger partial charge on any atom is 0.134 e. The molecule has 0 fully saturated rings. The number of halogens is 2. The quantitative estimate of drug-likeness (QED) is 0.186. The Bertz CT molecular complexity index is 1530. The molecule has 4 aromatic rings. The van der Waals surface area contributed by atoms with Gasteiger partial charge in [0.25, 0.3) is 0 Å². The van der Waals surface area contributed by atoms with Gasteiger partial charge in [0.15, 0.2) is 0 Å². The van der Waals surface area contributed by atoms with E-state index in [1.165, 1.54) is 28.4 Å². The van der Waals surface area contributed by atoms with Crippen LogP contribution in [-0.2, 0) is 6.61 Å². The monoisotopic (exact) mass is 566 g/mol. The minimum absolute atomic E-state index is 0.170. The first-order chi connectivity index (χ1) is 18.5. The second kappa shape index (κ2) is 10.6. The number of allylic oxidation sites excluding steroid dienone is 2. The summed E-state index contributed by atoms with van der Waals surface area (Å²) in [5, 5.41) is 3.81. The van der Waals surface area contributed by atoms with Crippen LogP contribution in [0.1, 0.15) is 46.2 Å². The van der Waals surface area contributed by atoms with Crippen LogP contribution in [-0.4, -0.2) is 6.21 Å². The largest absolute Gasteiger partial charge is 0.488 e. The second-order valence-electron chi connectivity index (χ2n) is 9.99. The summed E-state index contributed by atoms with van der Waals surface area (Å²) in [5.41, 5.74) is 7.61. The Balaban J connectivity index is 1.13. The molecule has 6 rings (SSSR count). The molecule has 0 radical (unpaired) electrons. The predicted octanol–water partition coefficient (Wildman–Crippen LogP) is 9.05. The molecule has 1 heterocycles. The van der Waals surface area contributed by atoms with E-state index in [0.717, 1.165) is 22.1 Å². The number of hydrogen-bond acceptors (Lipinski definition) is 3. The van der Waals surface area contributed by atoms with Gasteiger partial charge in [0, 0.05) is 23.4 Å². The maximum atomic E-state index is 13.9. The number of benzene rings is 4. The fourth-order valence-corrected chi connectivity index (χ4v) is 5.96. The van der Waals surface area contributed by atoms with Crippen LogP contribution in [0.2, 0.25) is 0 Å². The predicted molar refractivity (Wildman–Crippen MR) is 156 cm³/mol. The molecular weight excluding hydrogens is 539 g/mol. The average Bonchev–Trinajstić information content (AvgIpc) is 3.43. The van der Waals surface area contributed by atoms with Crippen LogP contribution in [0.5, 0.6) is 5.75 Å². The SMILES string of the molecule is Cc1ccc2c(c1)[C@@H]1C=CC[C@@H]1[C@H](c1ccc(N=Cc3ccc(OCc4ccccc4F)c(Br)c3)cc1)N2. The van der Waals surface area contributed by atoms with Crippen molar-refractivity contribution in [2.75, 3.05) is 5.32 Å². The van der Waals surface area contributed by atoms with Gasteiger partial charge in [0.05, 0.1) is 16.2 Å². The van der Waals surface area contributed by atoms with Crippen molar-refractivity contribution in [3.8, 4) is 5.75 Å². The van der Waals surface area contributed by atoms with Gasteiger partial charge < -0.3 is 10.1 Å². The molecule has 0 unspecified atom stereocenters. The minimum Gasteiger partial charge on any atom is -0.488 e. The third kappa shape index (κ3) is 5.03. The molecule has 1 aliphatic heterocycles. The van der Waals surface area contributed by atoms with Crippen molar-refractivity contribution in [1.82, 2.24) is 0 Å². The van der Waals surface area contributed by atoms with Crippen LogP contribution >= 0.6 is 15.9 Å². The summed E-state index contributed by atoms with van der Waals surface area (Å²) >= 11 is 3.56. The highest BCUT2D eigenvalue weighted by Crippen LogP contribution is 2.50. The van der Waals surface area contributed by atoms with Crippen LogP contribution < -0.4 is 10.1 Å². The van der Waals surface area contributed by atoms with E-state index in [1.807, 2.05) is 24.4 Å². The summed E-state index contributed by atoms with van der Waals surface area (Å²) in [5.74, 6) is 1.38. The lowest BCUT2D eigenvalue weighted by Crippen LogP contribution is -2.29. The molecule has 0 amide bonds. The van der Waals surface area contributed by atoms with E-state index in [2.05, 4.69) is 87.8 Å². The van der Waals surface area contributed by atoms with Gasteiger partial charge in [0.2, 0.25) is 0 Å². The normalized spacial score (nSPS) is 19.7. The number of fused-ring (bicyclic) bond motifs is 3. The summed E-state index contributed by atoms with van der Waals surface area (Å²) in [6.45, 7) is 2.33. The third-order valence-corrected chi connectivity index (χ3v) is 8.05. The summed E-state index contributed by atoms with van der Waals surface area (Å²) in [6, 6.07) is 27.9. The highest BCUT2D eigenvalue weighted by Gasteiger charge is 2.37. The van der Waals surface area contributed by atoms with Gasteiger partial charge >= 0.3 is 0 Å². The number of aryl methyl sites for hydroxylation is 1. The molecule has 4 aromatic carbocycles. The van der Waals surface area contributed by atoms with Crippen molar-refractivity contribution in [2.24, 2.45) is 10.9 Å². The van der Waals surface area contributed by atoms with Crippen molar-refractivity contribution in [3.63, 3.8) is 0 Å². The molecule has 1 N–H and O–H groups in total. The molecule has 5 heteroatoms. The second-order valence-corrected chi connectivity index (χ2v) is 10.8. The minimum atomic E-state index is -0.266. The van der Waals surface area contributed by atoms with Gasteiger partial charge in [-0.1, -0.05) is 60.2 Å². The molecule has 3 nitrogen and oxygen atoms in total. The smallest absolute Gasteiger partial charge is 0.134 e. The molecule has 2 aliphatic rings. The zero-order valence-corrected chi connectivity index (χ0v) is 22.7. The molecule has 190 valence electrons. The summed E-state index contributed by atoms with van der Waals surface area (Å²) < 4.78 is 20.5. The topological polar surface area (TPSA) is 33.6 Å². The highest BCUT2D eigenvalue weighted by atomic mass is 79.9. The summed E-state index contributed by atoms with van der Waals surface area (Å²) in [6.07, 6.45) is 7.64. The maximum absolute atomic E-state index is 13.9. The third-order valence-electron chi connectivity index (χ3n) is 7.43. The first-order valence-corrected chi connectivity index (χ1v) is 13.7. The molecule has 0 saturated heterocycles. The van der Waals surface area contributed by atoms with Gasteiger partial charge in [0.1, 0.15) is 18.2 Å². The van der Waals surface area contributed by atoms with E-state index in [0.29, 0.717) is 23.1 Å². The first-order valence-electron chi connectivity index (χ1n) is 12.9. The number of anilines is 1. The fourth-order valence-electron chi connectivity index (χ4n) is 5.45. The van der Waals surface area contributed by atoms with Crippen molar-refractivity contribution >= 4 is 33.5 Å². The van der Waals surface area contributed by atoms with E-state index < -0.39 is 0 Å². The van der Waals surface area contributed by atoms with E-state index >= 15 is 0 Å². The molecule has 38 heavy (non-hydrogen) atoms. The van der Waals surface area contributed by atoms with Crippen LogP contribution in [0.3, 0.4) is 0 Å². The Labute approximate surface area is 231 Å². The Morgan fingerprint density at radius 1 is 1.03 bits per heavy atom. The standard InChI is InChI=1S/C33H28BrFN2O/c1-21-9-15-31-28(17-21)26-6-4-7-27(26)33(37-31)23-11-13-25(14-12-23)36-19-22-10-16-32(29(34)18-22)38-20-24-5-2-3-8-30(24)35/h2-6,8-19,26-27,33,37H,7,20H2,1H3/t26-,27+,33+/m1/s1. The first kappa shape index (κ1) is 24.6. The lowest BCUT2D eigenvalue weighted by atomic mass is 9.76. The molecule has 0 saturated carbocycles. The van der Waals surface area contributed by atoms with Crippen LogP contribution in [0.4, 0.5) is 15.8 Å². The number of hydrogen-bond donors (Lipinski definition) is 1. The van der Waals surface area contributed by atoms with Crippen LogP contribution in [0.15, 0.2) is 107 Å². The average molecular weight is 568 g/mol. The number of nitrogens with one attached hydrogen (secondary N) is 1. The summed E-state index contributed by atoms with van der Waals surface area (Å²) in [4.78, 5) is 4.68. The van der Waals surface area contributed by atoms with Crippen LogP contribution in [0.25, 0.3) is 0 Å². The highest BCUT2D eigenvalue weighted by molar-refractivity contribution is 9.10. The zero-order chi connectivity index (χ0) is 26.1. The molecule has 0 bridgehead atoms. The van der Waals surface area contributed by atoms with E-state index in [9.17, 15) is 4.39 Å². The molecule has 3 atom stereocenters. The molecule has 1 aliphatic carbocycles. The number of nitrogens with zero attached hydrogens (tertiary/aromatic N) is 1. The Hall–Kier alpha value is -3.70. The van der Waals surface area contributed by atoms with Gasteiger partial charge in [-0.05, 0) is 94.3 Å². The lowest BCUT2D eigenvalue weighted by Gasteiger charge is -2.37. The summed E-state index contributed by atoms with van der Waals surface area (Å²) in [7, 11) is 0. The van der Waals surface area contributed by atoms with Gasteiger partial charge in [-0.2, -0.15) is 0 Å². The Morgan fingerprint density at radius 3 is 2.68 bits per heavy atom. The number of aliphatic imine (C=N–C) groups is 1. The van der Waals surface area contributed by atoms with Gasteiger partial charge in [-0.25, -0.2) is 4.39 Å². The Morgan fingerprint density at radius 2 is 1.87 bits per heavy atom. The van der Waals surface area contributed by atoms with E-state index in [1.54, 1.807) is 18.2 Å². The van der Waals surface area contributed by atoms with Crippen molar-refractivity contribution in [1.29, 1.82) is 0 Å². The van der Waals surface area contributed by atoms with Crippen molar-refractivity contribution in [2.45, 2.75) is 31.9 Å². The molecule has 0 spiro atoms. The number of ether oxygens (including phenoxy) is 1. The van der Waals surface area contributed by atoms with Crippen molar-refractivity contribution < 1.29 is 9.13 Å². The van der Waals surface area contributed by atoms with Crippen LogP contribution in [0, 0.1) is 18.7 Å². The van der Waals surface area contributed by atoms with E-state index in [4.69, 9.17) is 4.74 Å². The van der Waals surface area contributed by atoms with Gasteiger partial charge in [-0.15, -0.1) is 0 Å². The van der Waals surface area contributed by atoms with E-state index in [-0.39, 0.29) is 18.5 Å².